The normalized spacial score (nSPS) is 13.0. The first-order chi connectivity index (χ1) is 5.66. The standard InChI is InChI=1S/C10H14BrN/c1-3-10(12)8-5-4-6-9(11)7(8)2/h4-6,10H,3,12H2,1-2H3/t10-/m0/s1. The van der Waals surface area contributed by atoms with Crippen molar-refractivity contribution >= 4 is 15.9 Å². The Morgan fingerprint density at radius 2 is 2.17 bits per heavy atom. The van der Waals surface area contributed by atoms with E-state index in [1.165, 1.54) is 11.1 Å². The summed E-state index contributed by atoms with van der Waals surface area (Å²) in [5.41, 5.74) is 8.44. The molecule has 66 valence electrons. The first kappa shape index (κ1) is 9.75. The highest BCUT2D eigenvalue weighted by Gasteiger charge is 2.07. The van der Waals surface area contributed by atoms with Gasteiger partial charge in [0.05, 0.1) is 0 Å². The number of benzene rings is 1. The Labute approximate surface area is 82.1 Å². The Bertz CT molecular complexity index is 271. The maximum atomic E-state index is 5.94. The summed E-state index contributed by atoms with van der Waals surface area (Å²) in [5, 5.41) is 0. The third kappa shape index (κ3) is 1.87. The topological polar surface area (TPSA) is 26.0 Å². The van der Waals surface area contributed by atoms with Crippen LogP contribution in [-0.2, 0) is 0 Å². The molecule has 1 nitrogen and oxygen atoms in total. The lowest BCUT2D eigenvalue weighted by Crippen LogP contribution is -2.10. The molecule has 1 rings (SSSR count). The zero-order valence-corrected chi connectivity index (χ0v) is 9.06. The molecule has 1 aromatic carbocycles. The highest BCUT2D eigenvalue weighted by atomic mass is 79.9. The molecule has 0 heterocycles. The van der Waals surface area contributed by atoms with Crippen molar-refractivity contribution in [2.45, 2.75) is 26.3 Å². The first-order valence-corrected chi connectivity index (χ1v) is 4.96. The van der Waals surface area contributed by atoms with Crippen molar-refractivity contribution in [1.29, 1.82) is 0 Å². The van der Waals surface area contributed by atoms with Crippen molar-refractivity contribution in [2.75, 3.05) is 0 Å². The molecular weight excluding hydrogens is 214 g/mol. The number of rotatable bonds is 2. The summed E-state index contributed by atoms with van der Waals surface area (Å²) in [4.78, 5) is 0. The second-order valence-corrected chi connectivity index (χ2v) is 3.82. The largest absolute Gasteiger partial charge is 0.324 e. The van der Waals surface area contributed by atoms with Crippen LogP contribution in [0.5, 0.6) is 0 Å². The fraction of sp³-hybridized carbons (Fsp3) is 0.400. The van der Waals surface area contributed by atoms with Gasteiger partial charge in [-0.3, -0.25) is 0 Å². The van der Waals surface area contributed by atoms with Gasteiger partial charge in [0.25, 0.3) is 0 Å². The van der Waals surface area contributed by atoms with E-state index >= 15 is 0 Å². The molecule has 0 fully saturated rings. The van der Waals surface area contributed by atoms with E-state index in [2.05, 4.69) is 35.8 Å². The molecule has 0 amide bonds. The number of halogens is 1. The number of hydrogen-bond acceptors (Lipinski definition) is 1. The van der Waals surface area contributed by atoms with Crippen molar-refractivity contribution in [3.63, 3.8) is 0 Å². The van der Waals surface area contributed by atoms with Crippen LogP contribution in [0.4, 0.5) is 0 Å². The van der Waals surface area contributed by atoms with E-state index in [9.17, 15) is 0 Å². The number of hydrogen-bond donors (Lipinski definition) is 1. The van der Waals surface area contributed by atoms with Gasteiger partial charge in [-0.25, -0.2) is 0 Å². The molecule has 0 aliphatic heterocycles. The fourth-order valence-electron chi connectivity index (χ4n) is 1.25. The summed E-state index contributed by atoms with van der Waals surface area (Å²) in [6, 6.07) is 6.33. The SMILES string of the molecule is CC[C@H](N)c1cccc(Br)c1C. The lowest BCUT2D eigenvalue weighted by Gasteiger charge is -2.13. The van der Waals surface area contributed by atoms with E-state index in [-0.39, 0.29) is 6.04 Å². The van der Waals surface area contributed by atoms with E-state index in [4.69, 9.17) is 5.73 Å². The predicted octanol–water partition coefficient (Wildman–Crippen LogP) is 3.17. The second-order valence-electron chi connectivity index (χ2n) is 2.97. The van der Waals surface area contributed by atoms with Gasteiger partial charge in [0, 0.05) is 10.5 Å². The molecule has 0 aromatic heterocycles. The van der Waals surface area contributed by atoms with Crippen LogP contribution in [0.3, 0.4) is 0 Å². The first-order valence-electron chi connectivity index (χ1n) is 4.17. The lowest BCUT2D eigenvalue weighted by atomic mass is 10.0. The van der Waals surface area contributed by atoms with Crippen LogP contribution in [0.15, 0.2) is 22.7 Å². The van der Waals surface area contributed by atoms with Crippen LogP contribution in [0, 0.1) is 6.92 Å². The molecule has 0 spiro atoms. The van der Waals surface area contributed by atoms with Crippen molar-refractivity contribution in [2.24, 2.45) is 5.73 Å². The monoisotopic (exact) mass is 227 g/mol. The zero-order valence-electron chi connectivity index (χ0n) is 7.47. The van der Waals surface area contributed by atoms with Gasteiger partial charge in [0.15, 0.2) is 0 Å². The maximum Gasteiger partial charge on any atom is 0.0295 e. The molecule has 1 atom stereocenters. The van der Waals surface area contributed by atoms with Crippen molar-refractivity contribution in [3.05, 3.63) is 33.8 Å². The minimum Gasteiger partial charge on any atom is -0.324 e. The molecule has 12 heavy (non-hydrogen) atoms. The van der Waals surface area contributed by atoms with Gasteiger partial charge >= 0.3 is 0 Å². The Balaban J connectivity index is 3.07. The molecule has 0 aliphatic rings. The van der Waals surface area contributed by atoms with E-state index in [0.717, 1.165) is 10.9 Å². The predicted molar refractivity (Wildman–Crippen MR) is 56.1 cm³/mol. The minimum absolute atomic E-state index is 0.169. The number of nitrogens with two attached hydrogens (primary N) is 1. The Hall–Kier alpha value is -0.340. The third-order valence-corrected chi connectivity index (χ3v) is 3.01. The average molecular weight is 228 g/mol. The lowest BCUT2D eigenvalue weighted by molar-refractivity contribution is 0.693. The average Bonchev–Trinajstić information content (AvgIpc) is 2.08. The smallest absolute Gasteiger partial charge is 0.0295 e. The van der Waals surface area contributed by atoms with E-state index in [1.54, 1.807) is 0 Å². The van der Waals surface area contributed by atoms with E-state index < -0.39 is 0 Å². The van der Waals surface area contributed by atoms with Gasteiger partial charge in [0.2, 0.25) is 0 Å². The molecule has 0 unspecified atom stereocenters. The van der Waals surface area contributed by atoms with Gasteiger partial charge in [-0.2, -0.15) is 0 Å². The Morgan fingerprint density at radius 3 is 2.75 bits per heavy atom. The summed E-state index contributed by atoms with van der Waals surface area (Å²) in [5.74, 6) is 0. The van der Waals surface area contributed by atoms with Crippen LogP contribution in [0.1, 0.15) is 30.5 Å². The molecule has 0 bridgehead atoms. The quantitative estimate of drug-likeness (QED) is 0.826. The van der Waals surface area contributed by atoms with Crippen LogP contribution >= 0.6 is 15.9 Å². The zero-order chi connectivity index (χ0) is 9.14. The molecule has 0 saturated heterocycles. The summed E-state index contributed by atoms with van der Waals surface area (Å²) in [7, 11) is 0. The van der Waals surface area contributed by atoms with Gasteiger partial charge in [-0.05, 0) is 30.5 Å². The Morgan fingerprint density at radius 1 is 1.50 bits per heavy atom. The van der Waals surface area contributed by atoms with Crippen molar-refractivity contribution in [1.82, 2.24) is 0 Å². The molecule has 1 aromatic rings. The Kier molecular flexibility index (Phi) is 3.29. The van der Waals surface area contributed by atoms with E-state index in [0.29, 0.717) is 0 Å². The molecule has 0 saturated carbocycles. The highest BCUT2D eigenvalue weighted by Crippen LogP contribution is 2.24. The van der Waals surface area contributed by atoms with E-state index in [1.807, 2.05) is 12.1 Å². The van der Waals surface area contributed by atoms with Crippen LogP contribution in [-0.4, -0.2) is 0 Å². The molecule has 0 radical (unpaired) electrons. The molecule has 0 aliphatic carbocycles. The van der Waals surface area contributed by atoms with Crippen LogP contribution in [0.2, 0.25) is 0 Å². The van der Waals surface area contributed by atoms with Crippen molar-refractivity contribution < 1.29 is 0 Å². The van der Waals surface area contributed by atoms with Gasteiger partial charge in [0.1, 0.15) is 0 Å². The summed E-state index contributed by atoms with van der Waals surface area (Å²) in [6.45, 7) is 4.19. The highest BCUT2D eigenvalue weighted by molar-refractivity contribution is 9.10. The van der Waals surface area contributed by atoms with Crippen LogP contribution < -0.4 is 5.73 Å². The van der Waals surface area contributed by atoms with Gasteiger partial charge < -0.3 is 5.73 Å². The third-order valence-electron chi connectivity index (χ3n) is 2.15. The maximum absolute atomic E-state index is 5.94. The minimum atomic E-state index is 0.169. The fourth-order valence-corrected chi connectivity index (χ4v) is 1.63. The van der Waals surface area contributed by atoms with Gasteiger partial charge in [-0.15, -0.1) is 0 Å². The summed E-state index contributed by atoms with van der Waals surface area (Å²) >= 11 is 3.49. The van der Waals surface area contributed by atoms with Gasteiger partial charge in [-0.1, -0.05) is 35.0 Å². The summed E-state index contributed by atoms with van der Waals surface area (Å²) in [6.07, 6.45) is 0.983. The second kappa shape index (κ2) is 4.06. The van der Waals surface area contributed by atoms with Crippen LogP contribution in [0.25, 0.3) is 0 Å². The molecular formula is C10H14BrN. The van der Waals surface area contributed by atoms with Crippen molar-refractivity contribution in [3.8, 4) is 0 Å². The summed E-state index contributed by atoms with van der Waals surface area (Å²) < 4.78 is 1.14. The molecule has 2 N–H and O–H groups in total. The molecule has 2 heteroatoms.